The van der Waals surface area contributed by atoms with Crippen LogP contribution in [0.15, 0.2) is 23.3 Å². The molecule has 3 aliphatic rings. The maximum absolute atomic E-state index is 10.3. The lowest BCUT2D eigenvalue weighted by atomic mass is 9.49. The second kappa shape index (κ2) is 6.85. The Morgan fingerprint density at radius 1 is 1.24 bits per heavy atom. The zero-order valence-corrected chi connectivity index (χ0v) is 16.9. The van der Waals surface area contributed by atoms with Crippen molar-refractivity contribution in [2.75, 3.05) is 0 Å². The lowest BCUT2D eigenvalue weighted by molar-refractivity contribution is -0.0181. The van der Waals surface area contributed by atoms with Crippen LogP contribution in [0.25, 0.3) is 0 Å². The van der Waals surface area contributed by atoms with Crippen LogP contribution in [-0.2, 0) is 0 Å². The highest BCUT2D eigenvalue weighted by molar-refractivity contribution is 5.29. The first kappa shape index (κ1) is 19.2. The van der Waals surface area contributed by atoms with Crippen LogP contribution < -0.4 is 0 Å². The second-order valence-electron chi connectivity index (χ2n) is 9.71. The summed E-state index contributed by atoms with van der Waals surface area (Å²) in [5, 5.41) is 20.4. The molecule has 1 fully saturated rings. The smallest absolute Gasteiger partial charge is 0.0727 e. The Kier molecular flexibility index (Phi) is 5.25. The molecule has 0 radical (unpaired) electrons. The van der Waals surface area contributed by atoms with E-state index in [4.69, 9.17) is 0 Å². The van der Waals surface area contributed by atoms with Gasteiger partial charge in [0.1, 0.15) is 0 Å². The van der Waals surface area contributed by atoms with Gasteiger partial charge in [-0.05, 0) is 93.0 Å². The van der Waals surface area contributed by atoms with Crippen molar-refractivity contribution < 1.29 is 10.2 Å². The Bertz CT molecular complexity index is 560. The molecule has 142 valence electrons. The van der Waals surface area contributed by atoms with Crippen LogP contribution in [0.4, 0.5) is 0 Å². The topological polar surface area (TPSA) is 40.5 Å². The van der Waals surface area contributed by atoms with Crippen LogP contribution in [0.1, 0.15) is 79.6 Å². The number of fused-ring (bicyclic) bond motifs is 3. The van der Waals surface area contributed by atoms with E-state index in [9.17, 15) is 10.2 Å². The number of aliphatic hydroxyl groups is 2. The number of aliphatic hydroxyl groups excluding tert-OH is 2. The van der Waals surface area contributed by atoms with E-state index in [-0.39, 0.29) is 23.0 Å². The number of hydrogen-bond acceptors (Lipinski definition) is 2. The van der Waals surface area contributed by atoms with Crippen LogP contribution in [0.2, 0.25) is 0 Å². The van der Waals surface area contributed by atoms with Gasteiger partial charge in [0.05, 0.1) is 12.2 Å². The van der Waals surface area contributed by atoms with Crippen molar-refractivity contribution in [3.8, 4) is 0 Å². The Hall–Kier alpha value is -0.600. The molecule has 0 amide bonds. The third-order valence-electron chi connectivity index (χ3n) is 8.00. The van der Waals surface area contributed by atoms with Crippen molar-refractivity contribution in [1.29, 1.82) is 0 Å². The van der Waals surface area contributed by atoms with Crippen molar-refractivity contribution in [1.82, 2.24) is 0 Å². The fourth-order valence-corrected chi connectivity index (χ4v) is 6.68. The standard InChI is InChI=1S/C23H38O2/c1-6-17(25)9-11-22(4)14-15(2)13-18-20(22)10-12-23(5)19(16(3)24)7-8-21(18)23/h7,14,16-18,20-21,24-25H,6,8-13H2,1-5H3. The summed E-state index contributed by atoms with van der Waals surface area (Å²) in [4.78, 5) is 0. The van der Waals surface area contributed by atoms with Crippen LogP contribution in [0, 0.1) is 28.6 Å². The molecular weight excluding hydrogens is 308 g/mol. The van der Waals surface area contributed by atoms with Crippen molar-refractivity contribution in [2.45, 2.75) is 91.8 Å². The molecule has 0 aromatic heterocycles. The normalized spacial score (nSPS) is 42.9. The lowest BCUT2D eigenvalue weighted by Gasteiger charge is -2.55. The Morgan fingerprint density at radius 2 is 1.96 bits per heavy atom. The first-order valence-corrected chi connectivity index (χ1v) is 10.5. The minimum Gasteiger partial charge on any atom is -0.393 e. The molecular formula is C23H38O2. The SMILES string of the molecule is CCC(O)CCC1(C)C=C(C)CC2C1CCC1(C)C(C(C)O)=CCC21. The van der Waals surface area contributed by atoms with Gasteiger partial charge in [0.25, 0.3) is 0 Å². The summed E-state index contributed by atoms with van der Waals surface area (Å²) in [7, 11) is 0. The maximum atomic E-state index is 10.3. The zero-order chi connectivity index (χ0) is 18.4. The third-order valence-corrected chi connectivity index (χ3v) is 8.00. The molecule has 0 spiro atoms. The van der Waals surface area contributed by atoms with E-state index < -0.39 is 0 Å². The van der Waals surface area contributed by atoms with Crippen LogP contribution in [0.3, 0.4) is 0 Å². The molecule has 2 N–H and O–H groups in total. The zero-order valence-electron chi connectivity index (χ0n) is 16.9. The summed E-state index contributed by atoms with van der Waals surface area (Å²) in [5.74, 6) is 2.12. The summed E-state index contributed by atoms with van der Waals surface area (Å²) in [5.41, 5.74) is 3.24. The van der Waals surface area contributed by atoms with Gasteiger partial charge >= 0.3 is 0 Å². The van der Waals surface area contributed by atoms with E-state index in [0.29, 0.717) is 5.92 Å². The molecule has 7 unspecified atom stereocenters. The number of hydrogen-bond donors (Lipinski definition) is 2. The molecule has 25 heavy (non-hydrogen) atoms. The molecule has 3 rings (SSSR count). The van der Waals surface area contributed by atoms with E-state index in [1.54, 1.807) is 0 Å². The lowest BCUT2D eigenvalue weighted by Crippen LogP contribution is -2.48. The van der Waals surface area contributed by atoms with Gasteiger partial charge in [0.2, 0.25) is 0 Å². The Balaban J connectivity index is 1.84. The average molecular weight is 347 g/mol. The second-order valence-corrected chi connectivity index (χ2v) is 9.71. The van der Waals surface area contributed by atoms with Crippen molar-refractivity contribution >= 4 is 0 Å². The molecule has 3 aliphatic carbocycles. The highest BCUT2D eigenvalue weighted by Gasteiger charge is 2.55. The van der Waals surface area contributed by atoms with Gasteiger partial charge in [-0.2, -0.15) is 0 Å². The third kappa shape index (κ3) is 3.25. The molecule has 2 nitrogen and oxygen atoms in total. The molecule has 7 atom stereocenters. The van der Waals surface area contributed by atoms with Gasteiger partial charge in [-0.25, -0.2) is 0 Å². The molecule has 0 aliphatic heterocycles. The molecule has 0 heterocycles. The summed E-state index contributed by atoms with van der Waals surface area (Å²) in [6.07, 6.45) is 12.1. The van der Waals surface area contributed by atoms with Crippen molar-refractivity contribution in [3.05, 3.63) is 23.3 Å². The van der Waals surface area contributed by atoms with Crippen molar-refractivity contribution in [2.24, 2.45) is 28.6 Å². The predicted molar refractivity (Wildman–Crippen MR) is 104 cm³/mol. The molecule has 0 saturated heterocycles. The van der Waals surface area contributed by atoms with Gasteiger partial charge in [-0.1, -0.05) is 38.5 Å². The summed E-state index contributed by atoms with van der Waals surface area (Å²) >= 11 is 0. The maximum Gasteiger partial charge on any atom is 0.0727 e. The van der Waals surface area contributed by atoms with E-state index in [0.717, 1.165) is 37.5 Å². The van der Waals surface area contributed by atoms with Gasteiger partial charge < -0.3 is 10.2 Å². The van der Waals surface area contributed by atoms with E-state index in [1.807, 2.05) is 6.92 Å². The minimum absolute atomic E-state index is 0.158. The molecule has 0 bridgehead atoms. The quantitative estimate of drug-likeness (QED) is 0.667. The highest BCUT2D eigenvalue weighted by Crippen LogP contribution is 2.63. The van der Waals surface area contributed by atoms with Crippen LogP contribution >= 0.6 is 0 Å². The van der Waals surface area contributed by atoms with Crippen molar-refractivity contribution in [3.63, 3.8) is 0 Å². The molecule has 1 saturated carbocycles. The van der Waals surface area contributed by atoms with Gasteiger partial charge in [-0.15, -0.1) is 0 Å². The van der Waals surface area contributed by atoms with E-state index in [1.165, 1.54) is 30.4 Å². The van der Waals surface area contributed by atoms with E-state index in [2.05, 4.69) is 39.8 Å². The summed E-state index contributed by atoms with van der Waals surface area (Å²) in [6, 6.07) is 0. The Labute approximate surface area is 154 Å². The van der Waals surface area contributed by atoms with Crippen LogP contribution in [0.5, 0.6) is 0 Å². The van der Waals surface area contributed by atoms with E-state index >= 15 is 0 Å². The van der Waals surface area contributed by atoms with Crippen LogP contribution in [-0.4, -0.2) is 22.4 Å². The van der Waals surface area contributed by atoms with Gasteiger partial charge in [0.15, 0.2) is 0 Å². The predicted octanol–water partition coefficient (Wildman–Crippen LogP) is 5.25. The first-order valence-electron chi connectivity index (χ1n) is 10.5. The average Bonchev–Trinajstić information content (AvgIpc) is 2.90. The minimum atomic E-state index is -0.308. The number of allylic oxidation sites excluding steroid dienone is 3. The Morgan fingerprint density at radius 3 is 2.60 bits per heavy atom. The molecule has 0 aromatic rings. The molecule has 0 aromatic carbocycles. The first-order chi connectivity index (χ1) is 11.7. The number of rotatable bonds is 5. The fraction of sp³-hybridized carbons (Fsp3) is 0.826. The molecule has 2 heteroatoms. The monoisotopic (exact) mass is 346 g/mol. The van der Waals surface area contributed by atoms with Gasteiger partial charge in [0, 0.05) is 0 Å². The summed E-state index contributed by atoms with van der Waals surface area (Å²) in [6.45, 7) is 11.2. The summed E-state index contributed by atoms with van der Waals surface area (Å²) < 4.78 is 0. The van der Waals surface area contributed by atoms with Gasteiger partial charge in [-0.3, -0.25) is 0 Å². The highest BCUT2D eigenvalue weighted by atomic mass is 16.3. The largest absolute Gasteiger partial charge is 0.393 e. The fourth-order valence-electron chi connectivity index (χ4n) is 6.68.